The van der Waals surface area contributed by atoms with Gasteiger partial charge < -0.3 is 9.47 Å². The Morgan fingerprint density at radius 1 is 0.857 bits per heavy atom. The summed E-state index contributed by atoms with van der Waals surface area (Å²) in [6, 6.07) is 13.4. The van der Waals surface area contributed by atoms with Crippen molar-refractivity contribution in [1.82, 2.24) is 10.2 Å². The third-order valence-corrected chi connectivity index (χ3v) is 3.56. The van der Waals surface area contributed by atoms with Crippen LogP contribution in [0.5, 0.6) is 11.5 Å². The van der Waals surface area contributed by atoms with Gasteiger partial charge in [-0.2, -0.15) is 0 Å². The molecule has 21 heavy (non-hydrogen) atoms. The van der Waals surface area contributed by atoms with E-state index < -0.39 is 0 Å². The average molecular weight is 301 g/mol. The molecule has 0 aliphatic rings. The Hall–Kier alpha value is -2.33. The van der Waals surface area contributed by atoms with E-state index in [1.54, 1.807) is 14.2 Å². The molecule has 5 heteroatoms. The monoisotopic (exact) mass is 300 g/mol. The second-order valence-electron chi connectivity index (χ2n) is 4.48. The third kappa shape index (κ3) is 2.50. The molecule has 0 fully saturated rings. The van der Waals surface area contributed by atoms with Crippen LogP contribution in [-0.2, 0) is 0 Å². The van der Waals surface area contributed by atoms with E-state index in [2.05, 4.69) is 10.2 Å². The Morgan fingerprint density at radius 2 is 1.62 bits per heavy atom. The number of hydrogen-bond donors (Lipinski definition) is 0. The van der Waals surface area contributed by atoms with Gasteiger partial charge in [-0.15, -0.1) is 10.2 Å². The van der Waals surface area contributed by atoms with Crippen LogP contribution in [0.3, 0.4) is 0 Å². The predicted octanol–water partition coefficient (Wildman–Crippen LogP) is 3.97. The molecular formula is C16H13ClN2O2. The molecule has 3 aromatic rings. The normalized spacial score (nSPS) is 10.6. The standard InChI is InChI=1S/C16H13ClN2O2/c1-20-11-5-3-4-10(8-11)15-13-7-6-12(21-2)9-14(13)16(17)19-18-15/h3-9H,1-2H3. The molecular weight excluding hydrogens is 288 g/mol. The zero-order chi connectivity index (χ0) is 14.8. The van der Waals surface area contributed by atoms with Gasteiger partial charge in [0.25, 0.3) is 0 Å². The van der Waals surface area contributed by atoms with E-state index in [0.29, 0.717) is 5.15 Å². The largest absolute Gasteiger partial charge is 0.497 e. The highest BCUT2D eigenvalue weighted by molar-refractivity contribution is 6.34. The van der Waals surface area contributed by atoms with Gasteiger partial charge in [-0.3, -0.25) is 0 Å². The second-order valence-corrected chi connectivity index (χ2v) is 4.84. The van der Waals surface area contributed by atoms with E-state index in [0.717, 1.165) is 33.5 Å². The first-order valence-electron chi connectivity index (χ1n) is 6.37. The molecule has 0 saturated carbocycles. The van der Waals surface area contributed by atoms with E-state index in [9.17, 15) is 0 Å². The van der Waals surface area contributed by atoms with Gasteiger partial charge >= 0.3 is 0 Å². The van der Waals surface area contributed by atoms with Gasteiger partial charge in [0.2, 0.25) is 0 Å². The van der Waals surface area contributed by atoms with E-state index >= 15 is 0 Å². The second kappa shape index (κ2) is 5.58. The third-order valence-electron chi connectivity index (χ3n) is 3.29. The summed E-state index contributed by atoms with van der Waals surface area (Å²) in [5.41, 5.74) is 1.68. The van der Waals surface area contributed by atoms with Crippen molar-refractivity contribution in [1.29, 1.82) is 0 Å². The van der Waals surface area contributed by atoms with Gasteiger partial charge in [0.1, 0.15) is 17.2 Å². The number of benzene rings is 2. The summed E-state index contributed by atoms with van der Waals surface area (Å²) >= 11 is 6.15. The molecule has 0 saturated heterocycles. The Labute approximate surface area is 127 Å². The minimum absolute atomic E-state index is 0.357. The summed E-state index contributed by atoms with van der Waals surface area (Å²) in [6.07, 6.45) is 0. The van der Waals surface area contributed by atoms with Crippen molar-refractivity contribution in [3.63, 3.8) is 0 Å². The Bertz CT molecular complexity index is 805. The molecule has 3 rings (SSSR count). The van der Waals surface area contributed by atoms with Crippen LogP contribution in [-0.4, -0.2) is 24.4 Å². The van der Waals surface area contributed by atoms with Crippen molar-refractivity contribution in [2.45, 2.75) is 0 Å². The number of hydrogen-bond acceptors (Lipinski definition) is 4. The molecule has 0 spiro atoms. The summed E-state index contributed by atoms with van der Waals surface area (Å²) in [5, 5.41) is 10.3. The number of aromatic nitrogens is 2. The fourth-order valence-corrected chi connectivity index (χ4v) is 2.41. The lowest BCUT2D eigenvalue weighted by atomic mass is 10.0. The first-order valence-corrected chi connectivity index (χ1v) is 6.75. The number of nitrogens with zero attached hydrogens (tertiary/aromatic N) is 2. The Morgan fingerprint density at radius 3 is 2.38 bits per heavy atom. The SMILES string of the molecule is COc1cccc(-c2nnc(Cl)c3cc(OC)ccc23)c1. The summed E-state index contributed by atoms with van der Waals surface area (Å²) in [6.45, 7) is 0. The average Bonchev–Trinajstić information content (AvgIpc) is 2.55. The highest BCUT2D eigenvalue weighted by Gasteiger charge is 2.11. The smallest absolute Gasteiger partial charge is 0.159 e. The number of fused-ring (bicyclic) bond motifs is 1. The van der Waals surface area contributed by atoms with Crippen LogP contribution < -0.4 is 9.47 Å². The van der Waals surface area contributed by atoms with Crippen LogP contribution in [0.2, 0.25) is 5.15 Å². The van der Waals surface area contributed by atoms with Crippen molar-refractivity contribution in [2.24, 2.45) is 0 Å². The van der Waals surface area contributed by atoms with Crippen LogP contribution in [0, 0.1) is 0 Å². The fourth-order valence-electron chi connectivity index (χ4n) is 2.21. The molecule has 0 aliphatic heterocycles. The van der Waals surface area contributed by atoms with Gasteiger partial charge in [-0.05, 0) is 30.3 Å². The maximum Gasteiger partial charge on any atom is 0.159 e. The molecule has 0 aliphatic carbocycles. The highest BCUT2D eigenvalue weighted by Crippen LogP contribution is 2.33. The predicted molar refractivity (Wildman–Crippen MR) is 83.1 cm³/mol. The number of methoxy groups -OCH3 is 2. The lowest BCUT2D eigenvalue weighted by Gasteiger charge is -2.09. The van der Waals surface area contributed by atoms with Gasteiger partial charge in [0, 0.05) is 16.3 Å². The molecule has 0 bridgehead atoms. The lowest BCUT2D eigenvalue weighted by Crippen LogP contribution is -1.93. The first kappa shape index (κ1) is 13.6. The van der Waals surface area contributed by atoms with Crippen molar-refractivity contribution in [3.8, 4) is 22.8 Å². The van der Waals surface area contributed by atoms with Crippen LogP contribution in [0.25, 0.3) is 22.0 Å². The van der Waals surface area contributed by atoms with Crippen molar-refractivity contribution < 1.29 is 9.47 Å². The van der Waals surface area contributed by atoms with Crippen LogP contribution >= 0.6 is 11.6 Å². The minimum Gasteiger partial charge on any atom is -0.497 e. The maximum absolute atomic E-state index is 6.15. The lowest BCUT2D eigenvalue weighted by molar-refractivity contribution is 0.415. The van der Waals surface area contributed by atoms with E-state index in [1.807, 2.05) is 42.5 Å². The maximum atomic E-state index is 6.15. The van der Waals surface area contributed by atoms with Gasteiger partial charge in [-0.1, -0.05) is 23.7 Å². The van der Waals surface area contributed by atoms with Gasteiger partial charge in [0.05, 0.1) is 14.2 Å². The Kier molecular flexibility index (Phi) is 3.62. The summed E-state index contributed by atoms with van der Waals surface area (Å²) in [5.74, 6) is 1.50. The summed E-state index contributed by atoms with van der Waals surface area (Å²) in [7, 11) is 3.25. The molecule has 1 aromatic heterocycles. The minimum atomic E-state index is 0.357. The number of ether oxygens (including phenoxy) is 2. The highest BCUT2D eigenvalue weighted by atomic mass is 35.5. The molecule has 1 heterocycles. The zero-order valence-electron chi connectivity index (χ0n) is 11.6. The molecule has 4 nitrogen and oxygen atoms in total. The van der Waals surface area contributed by atoms with Gasteiger partial charge in [-0.25, -0.2) is 0 Å². The molecule has 0 unspecified atom stereocenters. The number of halogens is 1. The van der Waals surface area contributed by atoms with Crippen molar-refractivity contribution in [2.75, 3.05) is 14.2 Å². The van der Waals surface area contributed by atoms with E-state index in [4.69, 9.17) is 21.1 Å². The first-order chi connectivity index (χ1) is 10.2. The van der Waals surface area contributed by atoms with Crippen LogP contribution in [0.4, 0.5) is 0 Å². The molecule has 106 valence electrons. The van der Waals surface area contributed by atoms with Crippen LogP contribution in [0.1, 0.15) is 0 Å². The zero-order valence-corrected chi connectivity index (χ0v) is 12.4. The molecule has 0 N–H and O–H groups in total. The molecule has 0 radical (unpaired) electrons. The van der Waals surface area contributed by atoms with Crippen molar-refractivity contribution in [3.05, 3.63) is 47.6 Å². The molecule has 2 aromatic carbocycles. The van der Waals surface area contributed by atoms with Crippen molar-refractivity contribution >= 4 is 22.4 Å². The molecule has 0 atom stereocenters. The topological polar surface area (TPSA) is 44.2 Å². The van der Waals surface area contributed by atoms with Gasteiger partial charge in [0.15, 0.2) is 5.15 Å². The fraction of sp³-hybridized carbons (Fsp3) is 0.125. The Balaban J connectivity index is 2.25. The number of rotatable bonds is 3. The summed E-state index contributed by atoms with van der Waals surface area (Å²) < 4.78 is 10.5. The molecule has 0 amide bonds. The van der Waals surface area contributed by atoms with E-state index in [1.165, 1.54) is 0 Å². The van der Waals surface area contributed by atoms with Crippen LogP contribution in [0.15, 0.2) is 42.5 Å². The van der Waals surface area contributed by atoms with E-state index in [-0.39, 0.29) is 0 Å². The summed E-state index contributed by atoms with van der Waals surface area (Å²) in [4.78, 5) is 0. The quantitative estimate of drug-likeness (QED) is 0.734.